The van der Waals surface area contributed by atoms with Gasteiger partial charge in [-0.2, -0.15) is 0 Å². The highest BCUT2D eigenvalue weighted by Gasteiger charge is 2.30. The second-order valence-electron chi connectivity index (χ2n) is 9.28. The summed E-state index contributed by atoms with van der Waals surface area (Å²) in [5, 5.41) is 24.2. The Morgan fingerprint density at radius 1 is 1.04 bits per heavy atom. The van der Waals surface area contributed by atoms with Gasteiger partial charge in [0.05, 0.1) is 0 Å². The summed E-state index contributed by atoms with van der Waals surface area (Å²) in [6.45, 7) is 17.0. The topological polar surface area (TPSA) is 55.7 Å². The number of nitrogens with one attached hydrogen (secondary N) is 1. The summed E-state index contributed by atoms with van der Waals surface area (Å²) in [5.74, 6) is 0.400. The molecule has 1 saturated heterocycles. The van der Waals surface area contributed by atoms with E-state index < -0.39 is 0 Å². The van der Waals surface area contributed by atoms with Crippen molar-refractivity contribution in [3.63, 3.8) is 0 Å². The van der Waals surface area contributed by atoms with E-state index in [2.05, 4.69) is 63.9 Å². The fourth-order valence-electron chi connectivity index (χ4n) is 3.57. The van der Waals surface area contributed by atoms with Crippen molar-refractivity contribution in [3.05, 3.63) is 28.8 Å². The van der Waals surface area contributed by atoms with Crippen LogP contribution in [0.5, 0.6) is 5.75 Å². The van der Waals surface area contributed by atoms with E-state index in [4.69, 9.17) is 0 Å². The summed E-state index contributed by atoms with van der Waals surface area (Å²) in [5.41, 5.74) is 3.08. The van der Waals surface area contributed by atoms with Crippen LogP contribution < -0.4 is 5.32 Å². The average molecular weight is 349 g/mol. The average Bonchev–Trinajstić information content (AvgIpc) is 2.52. The zero-order valence-electron chi connectivity index (χ0n) is 16.8. The van der Waals surface area contributed by atoms with Gasteiger partial charge in [0.1, 0.15) is 5.75 Å². The lowest BCUT2D eigenvalue weighted by Crippen LogP contribution is -2.45. The molecule has 1 aliphatic rings. The Hall–Kier alpha value is -1.10. The molecule has 142 valence electrons. The number of hydrogen-bond donors (Lipinski definition) is 3. The molecule has 4 nitrogen and oxygen atoms in total. The summed E-state index contributed by atoms with van der Waals surface area (Å²) in [7, 11) is 0. The zero-order chi connectivity index (χ0) is 18.8. The molecule has 0 aliphatic carbocycles. The molecule has 25 heavy (non-hydrogen) atoms. The van der Waals surface area contributed by atoms with Gasteiger partial charge in [0.15, 0.2) is 0 Å². The van der Waals surface area contributed by atoms with E-state index in [-0.39, 0.29) is 23.5 Å². The molecular formula is C21H36N2O2. The summed E-state index contributed by atoms with van der Waals surface area (Å²) < 4.78 is 0. The van der Waals surface area contributed by atoms with Crippen LogP contribution in [0.3, 0.4) is 0 Å². The maximum atomic E-state index is 11.1. The van der Waals surface area contributed by atoms with Crippen LogP contribution >= 0.6 is 0 Å². The van der Waals surface area contributed by atoms with Crippen LogP contribution in [0.15, 0.2) is 12.1 Å². The molecular weight excluding hydrogens is 312 g/mol. The quantitative estimate of drug-likeness (QED) is 0.781. The Morgan fingerprint density at radius 2 is 1.64 bits per heavy atom. The van der Waals surface area contributed by atoms with E-state index in [1.807, 2.05) is 0 Å². The van der Waals surface area contributed by atoms with Crippen molar-refractivity contribution in [3.8, 4) is 5.75 Å². The molecule has 0 amide bonds. The SMILES string of the molecule is CC(C)(C)c1cc([C@H](CCO)N2CCNCC2)c(O)c(C(C)(C)C)c1. The van der Waals surface area contributed by atoms with Crippen LogP contribution in [0.1, 0.15) is 70.7 Å². The van der Waals surface area contributed by atoms with Gasteiger partial charge in [0.2, 0.25) is 0 Å². The minimum Gasteiger partial charge on any atom is -0.507 e. The van der Waals surface area contributed by atoms with Crippen LogP contribution in [0.2, 0.25) is 0 Å². The minimum absolute atomic E-state index is 0.00959. The molecule has 3 N–H and O–H groups in total. The van der Waals surface area contributed by atoms with Gasteiger partial charge >= 0.3 is 0 Å². The highest BCUT2D eigenvalue weighted by atomic mass is 16.3. The standard InChI is InChI=1S/C21H36N2O2/c1-20(2,3)15-13-16(19(25)17(14-15)21(4,5)6)18(7-12-24)23-10-8-22-9-11-23/h13-14,18,22,24-25H,7-12H2,1-6H3/t18-/m0/s1. The van der Waals surface area contributed by atoms with E-state index in [9.17, 15) is 10.2 Å². The Labute approximate surface area is 153 Å². The van der Waals surface area contributed by atoms with Crippen LogP contribution in [0, 0.1) is 0 Å². The third kappa shape index (κ3) is 4.75. The minimum atomic E-state index is -0.132. The normalized spacial score (nSPS) is 18.4. The highest BCUT2D eigenvalue weighted by Crippen LogP contribution is 2.42. The molecule has 0 unspecified atom stereocenters. The molecule has 0 bridgehead atoms. The van der Waals surface area contributed by atoms with E-state index in [0.29, 0.717) is 12.2 Å². The van der Waals surface area contributed by atoms with E-state index >= 15 is 0 Å². The lowest BCUT2D eigenvalue weighted by molar-refractivity contribution is 0.139. The maximum Gasteiger partial charge on any atom is 0.124 e. The maximum absolute atomic E-state index is 11.1. The van der Waals surface area contributed by atoms with Crippen molar-refractivity contribution >= 4 is 0 Å². The summed E-state index contributed by atoms with van der Waals surface area (Å²) in [4.78, 5) is 2.39. The van der Waals surface area contributed by atoms with E-state index in [1.165, 1.54) is 5.56 Å². The Bertz CT molecular complexity index is 579. The van der Waals surface area contributed by atoms with E-state index in [0.717, 1.165) is 37.3 Å². The lowest BCUT2D eigenvalue weighted by atomic mass is 9.77. The molecule has 4 heteroatoms. The molecule has 0 spiro atoms. The van der Waals surface area contributed by atoms with E-state index in [1.54, 1.807) is 0 Å². The molecule has 1 aromatic rings. The molecule has 0 aromatic heterocycles. The van der Waals surface area contributed by atoms with Gasteiger partial charge in [-0.15, -0.1) is 0 Å². The predicted molar refractivity (Wildman–Crippen MR) is 104 cm³/mol. The first-order valence-electron chi connectivity index (χ1n) is 9.49. The van der Waals surface area contributed by atoms with Gasteiger partial charge in [0, 0.05) is 44.4 Å². The predicted octanol–water partition coefficient (Wildman–Crippen LogP) is 3.32. The Kier molecular flexibility index (Phi) is 6.18. The first-order valence-corrected chi connectivity index (χ1v) is 9.49. The number of aliphatic hydroxyl groups is 1. The first kappa shape index (κ1) is 20.2. The third-order valence-electron chi connectivity index (χ3n) is 5.17. The monoisotopic (exact) mass is 348 g/mol. The fraction of sp³-hybridized carbons (Fsp3) is 0.714. The Morgan fingerprint density at radius 3 is 2.12 bits per heavy atom. The first-order chi connectivity index (χ1) is 11.6. The van der Waals surface area contributed by atoms with Crippen LogP contribution in [-0.2, 0) is 10.8 Å². The number of hydrogen-bond acceptors (Lipinski definition) is 4. The fourth-order valence-corrected chi connectivity index (χ4v) is 3.57. The van der Waals surface area contributed by atoms with Gasteiger partial charge in [0.25, 0.3) is 0 Å². The molecule has 1 atom stereocenters. The molecule has 0 radical (unpaired) electrons. The van der Waals surface area contributed by atoms with Crippen molar-refractivity contribution in [2.75, 3.05) is 32.8 Å². The molecule has 1 aromatic carbocycles. The largest absolute Gasteiger partial charge is 0.507 e. The number of benzene rings is 1. The third-order valence-corrected chi connectivity index (χ3v) is 5.17. The van der Waals surface area contributed by atoms with Crippen molar-refractivity contribution in [2.24, 2.45) is 0 Å². The zero-order valence-corrected chi connectivity index (χ0v) is 16.8. The van der Waals surface area contributed by atoms with Crippen LogP contribution in [-0.4, -0.2) is 47.9 Å². The van der Waals surface area contributed by atoms with Crippen molar-refractivity contribution in [1.82, 2.24) is 10.2 Å². The van der Waals surface area contributed by atoms with Gasteiger partial charge in [-0.25, -0.2) is 0 Å². The number of aliphatic hydroxyl groups excluding tert-OH is 1. The number of phenols is 1. The van der Waals surface area contributed by atoms with Crippen molar-refractivity contribution in [2.45, 2.75) is 64.8 Å². The summed E-state index contributed by atoms with van der Waals surface area (Å²) in [6.07, 6.45) is 0.644. The van der Waals surface area contributed by atoms with Gasteiger partial charge in [-0.3, -0.25) is 4.90 Å². The second kappa shape index (κ2) is 7.65. The summed E-state index contributed by atoms with van der Waals surface area (Å²) in [6, 6.07) is 4.37. The van der Waals surface area contributed by atoms with Gasteiger partial charge in [-0.1, -0.05) is 47.6 Å². The number of piperazine rings is 1. The molecule has 0 saturated carbocycles. The molecule has 2 rings (SSSR count). The molecule has 1 fully saturated rings. The summed E-state index contributed by atoms with van der Waals surface area (Å²) >= 11 is 0. The lowest BCUT2D eigenvalue weighted by Gasteiger charge is -2.37. The molecule has 1 heterocycles. The van der Waals surface area contributed by atoms with Crippen LogP contribution in [0.4, 0.5) is 0 Å². The number of aromatic hydroxyl groups is 1. The second-order valence-corrected chi connectivity index (χ2v) is 9.28. The van der Waals surface area contributed by atoms with Gasteiger partial charge in [-0.05, 0) is 34.4 Å². The number of nitrogens with zero attached hydrogens (tertiary/aromatic N) is 1. The number of rotatable bonds is 4. The van der Waals surface area contributed by atoms with Crippen molar-refractivity contribution in [1.29, 1.82) is 0 Å². The van der Waals surface area contributed by atoms with Crippen molar-refractivity contribution < 1.29 is 10.2 Å². The van der Waals surface area contributed by atoms with Crippen LogP contribution in [0.25, 0.3) is 0 Å². The molecule has 1 aliphatic heterocycles. The smallest absolute Gasteiger partial charge is 0.124 e. The highest BCUT2D eigenvalue weighted by molar-refractivity contribution is 5.50. The number of phenolic OH excluding ortho intramolecular Hbond substituents is 1. The Balaban J connectivity index is 2.59. The van der Waals surface area contributed by atoms with Gasteiger partial charge < -0.3 is 15.5 Å².